The highest BCUT2D eigenvalue weighted by Gasteiger charge is 2.39. The summed E-state index contributed by atoms with van der Waals surface area (Å²) in [6.07, 6.45) is 5.27. The molecule has 0 bridgehead atoms. The van der Waals surface area contributed by atoms with Crippen LogP contribution >= 0.6 is 0 Å². The first-order valence-corrected chi connectivity index (χ1v) is 9.38. The van der Waals surface area contributed by atoms with E-state index in [9.17, 15) is 9.59 Å². The third-order valence-corrected chi connectivity index (χ3v) is 6.21. The Kier molecular flexibility index (Phi) is 7.74. The highest BCUT2D eigenvalue weighted by Crippen LogP contribution is 2.22. The van der Waals surface area contributed by atoms with Crippen LogP contribution in [0.25, 0.3) is 0 Å². The molecule has 0 aromatic heterocycles. The van der Waals surface area contributed by atoms with Crippen molar-refractivity contribution in [2.45, 2.75) is 39.7 Å². The lowest BCUT2D eigenvalue weighted by Crippen LogP contribution is -2.45. The second-order valence-electron chi connectivity index (χ2n) is 4.61. The van der Waals surface area contributed by atoms with E-state index in [1.807, 2.05) is 20.8 Å². The molecule has 6 heteroatoms. The van der Waals surface area contributed by atoms with Gasteiger partial charge in [-0.15, -0.1) is 0 Å². The van der Waals surface area contributed by atoms with E-state index in [4.69, 9.17) is 13.3 Å². The van der Waals surface area contributed by atoms with Crippen molar-refractivity contribution >= 4 is 20.4 Å². The van der Waals surface area contributed by atoms with Crippen LogP contribution in [-0.4, -0.2) is 40.2 Å². The van der Waals surface area contributed by atoms with Crippen LogP contribution in [0.3, 0.4) is 0 Å². The van der Waals surface area contributed by atoms with E-state index in [0.717, 1.165) is 0 Å². The van der Waals surface area contributed by atoms with Crippen molar-refractivity contribution in [3.05, 3.63) is 23.8 Å². The zero-order valence-electron chi connectivity index (χ0n) is 13.0. The Balaban J connectivity index is 2.60. The maximum atomic E-state index is 11.7. The smallest absolute Gasteiger partial charge is 0.374 e. The molecular formula is C15H24O5Si. The largest absolute Gasteiger partial charge is 0.500 e. The lowest BCUT2D eigenvalue weighted by Gasteiger charge is -2.28. The molecule has 21 heavy (non-hydrogen) atoms. The second-order valence-corrected chi connectivity index (χ2v) is 7.34. The fourth-order valence-corrected chi connectivity index (χ4v) is 4.86. The lowest BCUT2D eigenvalue weighted by molar-refractivity contribution is -0.114. The van der Waals surface area contributed by atoms with E-state index < -0.39 is 8.80 Å². The quantitative estimate of drug-likeness (QED) is 0.458. The zero-order chi connectivity index (χ0) is 15.7. The summed E-state index contributed by atoms with van der Waals surface area (Å²) in [5.41, 5.74) is 0.551. The Bertz CT molecular complexity index is 411. The number of allylic oxidation sites excluding steroid dienone is 4. The summed E-state index contributed by atoms with van der Waals surface area (Å²) in [6, 6.07) is 0.644. The van der Waals surface area contributed by atoms with E-state index in [-0.39, 0.29) is 11.6 Å². The van der Waals surface area contributed by atoms with Gasteiger partial charge in [0.2, 0.25) is 0 Å². The third kappa shape index (κ3) is 5.66. The molecule has 0 aromatic carbocycles. The fraction of sp³-hybridized carbons (Fsp3) is 0.600. The molecule has 0 aliphatic heterocycles. The minimum atomic E-state index is -2.66. The standard InChI is InChI=1S/C15H24O5Si/c1-4-18-21(19-5-2,20-6-3)11-7-8-13-12-14(16)9-10-15(13)17/h9-10,12H,4-8,11H2,1-3H3. The number of hydrogen-bond acceptors (Lipinski definition) is 5. The Labute approximate surface area is 127 Å². The summed E-state index contributed by atoms with van der Waals surface area (Å²) in [4.78, 5) is 23.0. The minimum absolute atomic E-state index is 0.0916. The van der Waals surface area contributed by atoms with Crippen LogP contribution in [0.5, 0.6) is 0 Å². The first-order chi connectivity index (χ1) is 10.1. The molecule has 5 nitrogen and oxygen atoms in total. The van der Waals surface area contributed by atoms with Gasteiger partial charge in [-0.25, -0.2) is 0 Å². The van der Waals surface area contributed by atoms with Crippen LogP contribution in [0.4, 0.5) is 0 Å². The van der Waals surface area contributed by atoms with Gasteiger partial charge in [-0.2, -0.15) is 0 Å². The van der Waals surface area contributed by atoms with E-state index >= 15 is 0 Å². The Morgan fingerprint density at radius 3 is 2.05 bits per heavy atom. The number of hydrogen-bond donors (Lipinski definition) is 0. The van der Waals surface area contributed by atoms with Crippen molar-refractivity contribution in [2.75, 3.05) is 19.8 Å². The molecule has 1 rings (SSSR count). The summed E-state index contributed by atoms with van der Waals surface area (Å²) in [6.45, 7) is 7.35. The van der Waals surface area contributed by atoms with Gasteiger partial charge >= 0.3 is 8.80 Å². The zero-order valence-corrected chi connectivity index (χ0v) is 14.0. The highest BCUT2D eigenvalue weighted by atomic mass is 28.4. The monoisotopic (exact) mass is 312 g/mol. The Morgan fingerprint density at radius 2 is 1.52 bits per heavy atom. The average molecular weight is 312 g/mol. The van der Waals surface area contributed by atoms with Gasteiger partial charge in [0.15, 0.2) is 11.6 Å². The molecule has 0 saturated heterocycles. The van der Waals surface area contributed by atoms with Crippen LogP contribution in [0.15, 0.2) is 23.8 Å². The van der Waals surface area contributed by atoms with Gasteiger partial charge in [0.05, 0.1) is 0 Å². The summed E-state index contributed by atoms with van der Waals surface area (Å²) >= 11 is 0. The van der Waals surface area contributed by atoms with E-state index in [1.165, 1.54) is 18.2 Å². The van der Waals surface area contributed by atoms with Crippen molar-refractivity contribution in [1.29, 1.82) is 0 Å². The summed E-state index contributed by atoms with van der Waals surface area (Å²) in [7, 11) is -2.66. The van der Waals surface area contributed by atoms with E-state index in [0.29, 0.717) is 44.3 Å². The van der Waals surface area contributed by atoms with Crippen LogP contribution in [0.1, 0.15) is 33.6 Å². The molecule has 0 N–H and O–H groups in total. The molecule has 0 aromatic rings. The molecular weight excluding hydrogens is 288 g/mol. The summed E-state index contributed by atoms with van der Waals surface area (Å²) in [5, 5.41) is 0. The summed E-state index contributed by atoms with van der Waals surface area (Å²) in [5.74, 6) is -0.223. The van der Waals surface area contributed by atoms with Gasteiger partial charge in [0.25, 0.3) is 0 Å². The van der Waals surface area contributed by atoms with Crippen molar-refractivity contribution in [2.24, 2.45) is 0 Å². The molecule has 0 saturated carbocycles. The van der Waals surface area contributed by atoms with Crippen LogP contribution in [0, 0.1) is 0 Å². The number of ketones is 2. The average Bonchev–Trinajstić information content (AvgIpc) is 2.43. The molecule has 1 aliphatic rings. The van der Waals surface area contributed by atoms with Crippen LogP contribution < -0.4 is 0 Å². The van der Waals surface area contributed by atoms with Gasteiger partial charge in [-0.1, -0.05) is 0 Å². The first kappa shape index (κ1) is 18.0. The fourth-order valence-electron chi connectivity index (χ4n) is 2.25. The number of rotatable bonds is 10. The van der Waals surface area contributed by atoms with Gasteiger partial charge < -0.3 is 13.3 Å². The topological polar surface area (TPSA) is 61.8 Å². The third-order valence-electron chi connectivity index (χ3n) is 3.05. The highest BCUT2D eigenvalue weighted by molar-refractivity contribution is 6.60. The Morgan fingerprint density at radius 1 is 0.952 bits per heavy atom. The molecule has 118 valence electrons. The summed E-state index contributed by atoms with van der Waals surface area (Å²) < 4.78 is 17.3. The maximum Gasteiger partial charge on any atom is 0.500 e. The molecule has 0 spiro atoms. The first-order valence-electron chi connectivity index (χ1n) is 7.45. The predicted molar refractivity (Wildman–Crippen MR) is 81.9 cm³/mol. The van der Waals surface area contributed by atoms with Gasteiger partial charge in [0.1, 0.15) is 0 Å². The molecule has 0 unspecified atom stereocenters. The molecule has 0 radical (unpaired) electrons. The van der Waals surface area contributed by atoms with Gasteiger partial charge in [-0.05, 0) is 51.8 Å². The SMILES string of the molecule is CCO[Si](CCCC1=CC(=O)C=CC1=O)(OCC)OCC. The van der Waals surface area contributed by atoms with Crippen molar-refractivity contribution in [3.63, 3.8) is 0 Å². The van der Waals surface area contributed by atoms with Crippen LogP contribution in [-0.2, 0) is 22.9 Å². The molecule has 0 fully saturated rings. The van der Waals surface area contributed by atoms with Gasteiger partial charge in [-0.3, -0.25) is 9.59 Å². The van der Waals surface area contributed by atoms with Crippen molar-refractivity contribution in [3.8, 4) is 0 Å². The van der Waals surface area contributed by atoms with E-state index in [2.05, 4.69) is 0 Å². The number of carbonyl (C=O) groups excluding carboxylic acids is 2. The Hall–Kier alpha value is -1.08. The normalized spacial score (nSPS) is 15.5. The molecule has 0 atom stereocenters. The maximum absolute atomic E-state index is 11.7. The van der Waals surface area contributed by atoms with Gasteiger partial charge in [0, 0.05) is 31.4 Å². The van der Waals surface area contributed by atoms with Crippen molar-refractivity contribution in [1.82, 2.24) is 0 Å². The molecule has 0 heterocycles. The van der Waals surface area contributed by atoms with Crippen molar-refractivity contribution < 1.29 is 22.9 Å². The predicted octanol–water partition coefficient (Wildman–Crippen LogP) is 2.45. The second kappa shape index (κ2) is 9.04. The number of carbonyl (C=O) groups is 2. The minimum Gasteiger partial charge on any atom is -0.374 e. The lowest BCUT2D eigenvalue weighted by atomic mass is 10.00. The molecule has 0 amide bonds. The van der Waals surface area contributed by atoms with Crippen LogP contribution in [0.2, 0.25) is 6.04 Å². The molecule has 1 aliphatic carbocycles. The van der Waals surface area contributed by atoms with E-state index in [1.54, 1.807) is 0 Å².